The van der Waals surface area contributed by atoms with Crippen molar-refractivity contribution in [2.24, 2.45) is 0 Å². The molecule has 0 bridgehead atoms. The lowest BCUT2D eigenvalue weighted by atomic mass is 10.2. The van der Waals surface area contributed by atoms with Crippen molar-refractivity contribution in [3.63, 3.8) is 0 Å². The minimum atomic E-state index is 0.464. The normalized spacial score (nSPS) is 21.3. The molecule has 1 unspecified atom stereocenters. The van der Waals surface area contributed by atoms with E-state index in [4.69, 9.17) is 11.6 Å². The number of nitrogens with one attached hydrogen (secondary N) is 1. The summed E-state index contributed by atoms with van der Waals surface area (Å²) in [5, 5.41) is 4.60. The molecule has 0 saturated carbocycles. The zero-order chi connectivity index (χ0) is 11.5. The molecular formula is C10H15ClN4S. The number of rotatable bonds is 3. The van der Waals surface area contributed by atoms with Crippen LogP contribution in [-0.4, -0.2) is 47.3 Å². The van der Waals surface area contributed by atoms with Gasteiger partial charge < -0.3 is 10.2 Å². The molecule has 1 atom stereocenters. The van der Waals surface area contributed by atoms with Crippen LogP contribution in [0.25, 0.3) is 0 Å². The Morgan fingerprint density at radius 1 is 1.56 bits per heavy atom. The predicted octanol–water partition coefficient (Wildman–Crippen LogP) is 1.97. The topological polar surface area (TPSA) is 41.1 Å². The van der Waals surface area contributed by atoms with Crippen LogP contribution in [-0.2, 0) is 0 Å². The molecule has 0 radical (unpaired) electrons. The number of likely N-dealkylation sites (N-methyl/N-ethyl adjacent to an activating group) is 1. The van der Waals surface area contributed by atoms with Crippen LogP contribution < -0.4 is 5.32 Å². The highest BCUT2D eigenvalue weighted by Gasteiger charge is 2.19. The van der Waals surface area contributed by atoms with E-state index in [0.29, 0.717) is 16.4 Å². The molecule has 1 fully saturated rings. The van der Waals surface area contributed by atoms with Crippen molar-refractivity contribution in [2.45, 2.75) is 17.6 Å². The summed E-state index contributed by atoms with van der Waals surface area (Å²) in [5.74, 6) is 0.824. The maximum absolute atomic E-state index is 5.93. The van der Waals surface area contributed by atoms with E-state index in [9.17, 15) is 0 Å². The first-order valence-electron chi connectivity index (χ1n) is 5.21. The third-order valence-electron chi connectivity index (χ3n) is 2.60. The molecule has 1 N–H and O–H groups in total. The van der Waals surface area contributed by atoms with Gasteiger partial charge in [-0.2, -0.15) is 0 Å². The zero-order valence-corrected chi connectivity index (χ0v) is 11.0. The van der Waals surface area contributed by atoms with Crippen molar-refractivity contribution in [1.82, 2.24) is 14.9 Å². The number of hydrogen-bond donors (Lipinski definition) is 1. The summed E-state index contributed by atoms with van der Waals surface area (Å²) in [6, 6.07) is 2.24. The Hall–Kier alpha value is -0.520. The number of aromatic nitrogens is 2. The van der Waals surface area contributed by atoms with Crippen LogP contribution in [0.15, 0.2) is 11.2 Å². The monoisotopic (exact) mass is 258 g/mol. The van der Waals surface area contributed by atoms with E-state index in [1.807, 2.05) is 6.26 Å². The van der Waals surface area contributed by atoms with Crippen molar-refractivity contribution >= 4 is 29.2 Å². The number of nitrogens with zero attached hydrogens (tertiary/aromatic N) is 3. The minimum Gasteiger partial charge on any atom is -0.366 e. The molecule has 1 aromatic rings. The molecule has 2 rings (SSSR count). The summed E-state index contributed by atoms with van der Waals surface area (Å²) in [5.41, 5.74) is 0. The summed E-state index contributed by atoms with van der Waals surface area (Å²) >= 11 is 7.43. The van der Waals surface area contributed by atoms with Gasteiger partial charge in [-0.3, -0.25) is 0 Å². The Bertz CT molecular complexity index is 374. The fourth-order valence-electron chi connectivity index (χ4n) is 1.82. The van der Waals surface area contributed by atoms with Crippen LogP contribution in [0, 0.1) is 0 Å². The standard InChI is InChI=1S/C10H15ClN4S/c1-15-4-3-7(6-15)12-9-5-8(11)13-10(14-9)16-2/h5,7H,3-4,6H2,1-2H3,(H,12,13,14). The highest BCUT2D eigenvalue weighted by atomic mass is 35.5. The molecule has 1 aliphatic rings. The fourth-order valence-corrected chi connectivity index (χ4v) is 2.44. The van der Waals surface area contributed by atoms with Gasteiger partial charge in [0.2, 0.25) is 0 Å². The molecule has 0 spiro atoms. The average Bonchev–Trinajstić information content (AvgIpc) is 2.63. The van der Waals surface area contributed by atoms with Gasteiger partial charge >= 0.3 is 0 Å². The highest BCUT2D eigenvalue weighted by molar-refractivity contribution is 7.98. The highest BCUT2D eigenvalue weighted by Crippen LogP contribution is 2.19. The second-order valence-electron chi connectivity index (χ2n) is 3.95. The number of thioether (sulfide) groups is 1. The van der Waals surface area contributed by atoms with Gasteiger partial charge in [-0.1, -0.05) is 23.4 Å². The Morgan fingerprint density at radius 2 is 2.38 bits per heavy atom. The van der Waals surface area contributed by atoms with Crippen molar-refractivity contribution in [1.29, 1.82) is 0 Å². The van der Waals surface area contributed by atoms with Gasteiger partial charge in [0, 0.05) is 18.7 Å². The Kier molecular flexibility index (Phi) is 3.89. The van der Waals surface area contributed by atoms with Crippen LogP contribution in [0.3, 0.4) is 0 Å². The Morgan fingerprint density at radius 3 is 3.00 bits per heavy atom. The van der Waals surface area contributed by atoms with Crippen LogP contribution in [0.2, 0.25) is 5.15 Å². The summed E-state index contributed by atoms with van der Waals surface area (Å²) in [6.07, 6.45) is 3.09. The van der Waals surface area contributed by atoms with Crippen molar-refractivity contribution in [3.8, 4) is 0 Å². The van der Waals surface area contributed by atoms with Gasteiger partial charge in [0.1, 0.15) is 11.0 Å². The number of anilines is 1. The molecule has 1 aliphatic heterocycles. The number of halogens is 1. The lowest BCUT2D eigenvalue weighted by Crippen LogP contribution is -2.24. The second kappa shape index (κ2) is 5.21. The van der Waals surface area contributed by atoms with Crippen molar-refractivity contribution < 1.29 is 0 Å². The summed E-state index contributed by atoms with van der Waals surface area (Å²) in [6.45, 7) is 2.18. The Labute approximate surface area is 105 Å². The lowest BCUT2D eigenvalue weighted by molar-refractivity contribution is 0.414. The van der Waals surface area contributed by atoms with Gasteiger partial charge in [-0.25, -0.2) is 9.97 Å². The molecule has 0 amide bonds. The maximum Gasteiger partial charge on any atom is 0.190 e. The van der Waals surface area contributed by atoms with Gasteiger partial charge in [0.15, 0.2) is 5.16 Å². The van der Waals surface area contributed by atoms with Crippen molar-refractivity contribution in [3.05, 3.63) is 11.2 Å². The molecule has 16 heavy (non-hydrogen) atoms. The maximum atomic E-state index is 5.93. The van der Waals surface area contributed by atoms with E-state index >= 15 is 0 Å². The fraction of sp³-hybridized carbons (Fsp3) is 0.600. The van der Waals surface area contributed by atoms with E-state index in [1.54, 1.807) is 6.07 Å². The summed E-state index contributed by atoms with van der Waals surface area (Å²) in [7, 11) is 2.13. The molecule has 4 nitrogen and oxygen atoms in total. The zero-order valence-electron chi connectivity index (χ0n) is 9.40. The molecule has 2 heterocycles. The molecule has 6 heteroatoms. The smallest absolute Gasteiger partial charge is 0.190 e. The van der Waals surface area contributed by atoms with Crippen LogP contribution in [0.4, 0.5) is 5.82 Å². The number of hydrogen-bond acceptors (Lipinski definition) is 5. The first-order valence-corrected chi connectivity index (χ1v) is 6.81. The molecule has 1 saturated heterocycles. The lowest BCUT2D eigenvalue weighted by Gasteiger charge is -2.13. The van der Waals surface area contributed by atoms with Crippen LogP contribution in [0.1, 0.15) is 6.42 Å². The van der Waals surface area contributed by atoms with Gasteiger partial charge in [-0.05, 0) is 26.3 Å². The molecule has 1 aromatic heterocycles. The predicted molar refractivity (Wildman–Crippen MR) is 68.3 cm³/mol. The SMILES string of the molecule is CSc1nc(Cl)cc(NC2CCN(C)C2)n1. The number of likely N-dealkylation sites (tertiary alicyclic amines) is 1. The Balaban J connectivity index is 2.06. The molecule has 88 valence electrons. The van der Waals surface area contributed by atoms with E-state index in [2.05, 4.69) is 27.2 Å². The van der Waals surface area contributed by atoms with Crippen molar-refractivity contribution in [2.75, 3.05) is 31.7 Å². The van der Waals surface area contributed by atoms with Gasteiger partial charge in [-0.15, -0.1) is 0 Å². The van der Waals surface area contributed by atoms with Gasteiger partial charge in [0.05, 0.1) is 0 Å². The van der Waals surface area contributed by atoms with E-state index in [1.165, 1.54) is 11.8 Å². The molecular weight excluding hydrogens is 244 g/mol. The van der Waals surface area contributed by atoms with E-state index in [-0.39, 0.29) is 0 Å². The molecule has 0 aromatic carbocycles. The third kappa shape index (κ3) is 2.99. The quantitative estimate of drug-likeness (QED) is 0.510. The first kappa shape index (κ1) is 12.0. The minimum absolute atomic E-state index is 0.464. The first-order chi connectivity index (χ1) is 7.67. The summed E-state index contributed by atoms with van der Waals surface area (Å²) in [4.78, 5) is 10.8. The van der Waals surface area contributed by atoms with Crippen LogP contribution >= 0.6 is 23.4 Å². The third-order valence-corrected chi connectivity index (χ3v) is 3.34. The second-order valence-corrected chi connectivity index (χ2v) is 5.12. The van der Waals surface area contributed by atoms with Gasteiger partial charge in [0.25, 0.3) is 0 Å². The molecule has 0 aliphatic carbocycles. The largest absolute Gasteiger partial charge is 0.366 e. The van der Waals surface area contributed by atoms with E-state index < -0.39 is 0 Å². The summed E-state index contributed by atoms with van der Waals surface area (Å²) < 4.78 is 0. The van der Waals surface area contributed by atoms with Crippen LogP contribution in [0.5, 0.6) is 0 Å². The van der Waals surface area contributed by atoms with E-state index in [0.717, 1.165) is 25.3 Å². The average molecular weight is 259 g/mol.